The van der Waals surface area contributed by atoms with Crippen LogP contribution < -0.4 is 4.57 Å². The van der Waals surface area contributed by atoms with Crippen LogP contribution in [0.25, 0.3) is 0 Å². The molecule has 0 aliphatic rings. The summed E-state index contributed by atoms with van der Waals surface area (Å²) in [6.07, 6.45) is 0.175. The van der Waals surface area contributed by atoms with Gasteiger partial charge in [-0.05, 0) is 19.4 Å². The number of hydrogen-bond acceptors (Lipinski definition) is 1. The second-order valence-corrected chi connectivity index (χ2v) is 3.97. The van der Waals surface area contributed by atoms with Crippen LogP contribution in [0, 0.1) is 27.7 Å². The van der Waals surface area contributed by atoms with Crippen molar-refractivity contribution in [1.82, 2.24) is 0 Å². The highest BCUT2D eigenvalue weighted by Crippen LogP contribution is 2.10. The van der Waals surface area contributed by atoms with Gasteiger partial charge in [-0.15, -0.1) is 0 Å². The molecule has 0 atom stereocenters. The maximum Gasteiger partial charge on any atom is 0.309 e. The van der Waals surface area contributed by atoms with Crippen molar-refractivity contribution >= 4 is 5.97 Å². The predicted octanol–water partition coefficient (Wildman–Crippen LogP) is 1.68. The molecule has 1 aromatic heterocycles. The first-order chi connectivity index (χ1) is 6.93. The molecule has 82 valence electrons. The van der Waals surface area contributed by atoms with E-state index < -0.39 is 5.97 Å². The number of rotatable bonds is 3. The minimum atomic E-state index is -0.750. The van der Waals surface area contributed by atoms with E-state index in [1.807, 2.05) is 13.8 Å². The van der Waals surface area contributed by atoms with Gasteiger partial charge in [-0.1, -0.05) is 0 Å². The van der Waals surface area contributed by atoms with Gasteiger partial charge in [-0.3, -0.25) is 4.79 Å². The summed E-state index contributed by atoms with van der Waals surface area (Å²) in [5, 5.41) is 8.67. The number of pyridine rings is 1. The van der Waals surface area contributed by atoms with E-state index in [2.05, 4.69) is 24.5 Å². The van der Waals surface area contributed by atoms with E-state index in [9.17, 15) is 4.79 Å². The Morgan fingerprint density at radius 1 is 1.33 bits per heavy atom. The molecule has 0 fully saturated rings. The minimum absolute atomic E-state index is 0.175. The molecule has 0 saturated carbocycles. The van der Waals surface area contributed by atoms with Crippen LogP contribution in [0.1, 0.15) is 28.9 Å². The van der Waals surface area contributed by atoms with Crippen molar-refractivity contribution in [3.8, 4) is 0 Å². The molecule has 0 aliphatic carbocycles. The lowest BCUT2D eigenvalue weighted by Gasteiger charge is -2.07. The zero-order valence-corrected chi connectivity index (χ0v) is 9.79. The van der Waals surface area contributed by atoms with Gasteiger partial charge < -0.3 is 5.11 Å². The third-order valence-corrected chi connectivity index (χ3v) is 2.94. The number of aromatic nitrogens is 1. The molecule has 1 N–H and O–H groups in total. The Balaban J connectivity index is 3.07. The number of carboxylic acids is 1. The minimum Gasteiger partial charge on any atom is -0.481 e. The molecule has 0 unspecified atom stereocenters. The second kappa shape index (κ2) is 4.43. The van der Waals surface area contributed by atoms with E-state index in [1.165, 1.54) is 11.1 Å². The van der Waals surface area contributed by atoms with Crippen LogP contribution >= 0.6 is 0 Å². The second-order valence-electron chi connectivity index (χ2n) is 3.97. The number of aryl methyl sites for hydroxylation is 2. The van der Waals surface area contributed by atoms with E-state index in [1.54, 1.807) is 0 Å². The Morgan fingerprint density at radius 3 is 2.47 bits per heavy atom. The van der Waals surface area contributed by atoms with Crippen LogP contribution in [0.3, 0.4) is 0 Å². The fraction of sp³-hybridized carbons (Fsp3) is 0.500. The third-order valence-electron chi connectivity index (χ3n) is 2.94. The van der Waals surface area contributed by atoms with Crippen LogP contribution in [0.2, 0.25) is 0 Å². The van der Waals surface area contributed by atoms with Crippen molar-refractivity contribution in [2.75, 3.05) is 0 Å². The smallest absolute Gasteiger partial charge is 0.309 e. The van der Waals surface area contributed by atoms with Crippen LogP contribution in [-0.2, 0) is 11.3 Å². The average Bonchev–Trinajstić information content (AvgIpc) is 2.14. The summed E-state index contributed by atoms with van der Waals surface area (Å²) in [5.41, 5.74) is 4.79. The van der Waals surface area contributed by atoms with Gasteiger partial charge in [-0.25, -0.2) is 0 Å². The number of carboxylic acid groups (broad SMARTS) is 1. The molecule has 1 rings (SSSR count). The fourth-order valence-electron chi connectivity index (χ4n) is 1.80. The van der Waals surface area contributed by atoms with Gasteiger partial charge in [0.05, 0.1) is 0 Å². The Hall–Kier alpha value is -1.38. The Bertz CT molecular complexity index is 397. The maximum absolute atomic E-state index is 10.5. The van der Waals surface area contributed by atoms with Crippen molar-refractivity contribution in [3.63, 3.8) is 0 Å². The number of nitrogens with zero attached hydrogens (tertiary/aromatic N) is 1. The molecule has 0 saturated heterocycles. The van der Waals surface area contributed by atoms with E-state index >= 15 is 0 Å². The summed E-state index contributed by atoms with van der Waals surface area (Å²) in [4.78, 5) is 10.5. The number of aliphatic carboxylic acids is 1. The summed E-state index contributed by atoms with van der Waals surface area (Å²) < 4.78 is 2.07. The first-order valence-corrected chi connectivity index (χ1v) is 5.12. The largest absolute Gasteiger partial charge is 0.481 e. The molecule has 3 nitrogen and oxygen atoms in total. The summed E-state index contributed by atoms with van der Waals surface area (Å²) >= 11 is 0. The van der Waals surface area contributed by atoms with Gasteiger partial charge in [0.15, 0.2) is 17.9 Å². The standard InChI is InChI=1S/C12H17NO2/c1-8-7-9(2)13(6-5-12(14)15)11(4)10(8)3/h7H,5-6H2,1-4H3/p+1. The van der Waals surface area contributed by atoms with Gasteiger partial charge in [-0.2, -0.15) is 4.57 Å². The molecular formula is C12H18NO2+. The van der Waals surface area contributed by atoms with Gasteiger partial charge >= 0.3 is 5.97 Å². The highest BCUT2D eigenvalue weighted by Gasteiger charge is 2.16. The monoisotopic (exact) mass is 208 g/mol. The predicted molar refractivity (Wildman–Crippen MR) is 57.8 cm³/mol. The lowest BCUT2D eigenvalue weighted by atomic mass is 10.1. The molecule has 0 bridgehead atoms. The number of hydrogen-bond donors (Lipinski definition) is 1. The third kappa shape index (κ3) is 2.55. The van der Waals surface area contributed by atoms with Crippen molar-refractivity contribution in [3.05, 3.63) is 28.6 Å². The summed E-state index contributed by atoms with van der Waals surface area (Å²) in [6, 6.07) is 2.10. The molecule has 0 spiro atoms. The lowest BCUT2D eigenvalue weighted by molar-refractivity contribution is -0.707. The molecule has 3 heteroatoms. The average molecular weight is 208 g/mol. The Morgan fingerprint density at radius 2 is 1.93 bits per heavy atom. The number of carbonyl (C=O) groups is 1. The summed E-state index contributed by atoms with van der Waals surface area (Å²) in [7, 11) is 0. The molecule has 1 aromatic rings. The molecule has 15 heavy (non-hydrogen) atoms. The lowest BCUT2D eigenvalue weighted by Crippen LogP contribution is -2.42. The molecule has 0 amide bonds. The molecular weight excluding hydrogens is 190 g/mol. The van der Waals surface area contributed by atoms with E-state index in [-0.39, 0.29) is 6.42 Å². The summed E-state index contributed by atoms with van der Waals surface area (Å²) in [6.45, 7) is 8.75. The van der Waals surface area contributed by atoms with Crippen molar-refractivity contribution in [2.45, 2.75) is 40.7 Å². The quantitative estimate of drug-likeness (QED) is 0.768. The highest BCUT2D eigenvalue weighted by molar-refractivity contribution is 5.66. The van der Waals surface area contributed by atoms with Crippen molar-refractivity contribution in [2.24, 2.45) is 0 Å². The van der Waals surface area contributed by atoms with Gasteiger partial charge in [0.2, 0.25) is 0 Å². The van der Waals surface area contributed by atoms with E-state index in [4.69, 9.17) is 5.11 Å². The maximum atomic E-state index is 10.5. The molecule has 0 radical (unpaired) electrons. The van der Waals surface area contributed by atoms with Gasteiger partial charge in [0, 0.05) is 25.5 Å². The van der Waals surface area contributed by atoms with Crippen molar-refractivity contribution < 1.29 is 14.5 Å². The SMILES string of the molecule is Cc1cc(C)[n+](CCC(=O)O)c(C)c1C. The first kappa shape index (κ1) is 11.7. The molecule has 0 aliphatic heterocycles. The topological polar surface area (TPSA) is 41.2 Å². The Kier molecular flexibility index (Phi) is 3.45. The highest BCUT2D eigenvalue weighted by atomic mass is 16.4. The summed E-state index contributed by atoms with van der Waals surface area (Å²) in [5.74, 6) is -0.750. The van der Waals surface area contributed by atoms with Crippen molar-refractivity contribution in [1.29, 1.82) is 0 Å². The van der Waals surface area contributed by atoms with Crippen LogP contribution in [-0.4, -0.2) is 11.1 Å². The zero-order chi connectivity index (χ0) is 11.6. The first-order valence-electron chi connectivity index (χ1n) is 5.12. The fourth-order valence-corrected chi connectivity index (χ4v) is 1.80. The zero-order valence-electron chi connectivity index (χ0n) is 9.79. The van der Waals surface area contributed by atoms with E-state index in [0.29, 0.717) is 6.54 Å². The molecule has 1 heterocycles. The van der Waals surface area contributed by atoms with Gasteiger partial charge in [0.25, 0.3) is 0 Å². The van der Waals surface area contributed by atoms with Crippen LogP contribution in [0.4, 0.5) is 0 Å². The Labute approximate surface area is 90.4 Å². The van der Waals surface area contributed by atoms with Crippen LogP contribution in [0.15, 0.2) is 6.07 Å². The van der Waals surface area contributed by atoms with Crippen LogP contribution in [0.5, 0.6) is 0 Å². The van der Waals surface area contributed by atoms with E-state index in [0.717, 1.165) is 11.4 Å². The van der Waals surface area contributed by atoms with Gasteiger partial charge in [0.1, 0.15) is 6.42 Å². The molecule has 0 aromatic carbocycles. The normalized spacial score (nSPS) is 10.4.